The number of aromatic hydroxyl groups is 1. The van der Waals surface area contributed by atoms with Crippen LogP contribution in [0, 0.1) is 0 Å². The summed E-state index contributed by atoms with van der Waals surface area (Å²) in [4.78, 5) is 11.8. The molecule has 9 heteroatoms. The number of benzene rings is 2. The van der Waals surface area contributed by atoms with Gasteiger partial charge in [0.1, 0.15) is 5.75 Å². The Kier molecular flexibility index (Phi) is 7.38. The maximum atomic E-state index is 11.8. The summed E-state index contributed by atoms with van der Waals surface area (Å²) in [6.45, 7) is 1.87. The van der Waals surface area contributed by atoms with E-state index in [9.17, 15) is 9.90 Å². The summed E-state index contributed by atoms with van der Waals surface area (Å²) in [6, 6.07) is 7.71. The van der Waals surface area contributed by atoms with Crippen molar-refractivity contribution in [2.24, 2.45) is 5.10 Å². The molecule has 2 rings (SSSR count). The fourth-order valence-corrected chi connectivity index (χ4v) is 2.56. The summed E-state index contributed by atoms with van der Waals surface area (Å²) in [7, 11) is 0. The third kappa shape index (κ3) is 5.69. The van der Waals surface area contributed by atoms with E-state index in [0.29, 0.717) is 28.0 Å². The molecule has 0 heterocycles. The van der Waals surface area contributed by atoms with Gasteiger partial charge in [-0.3, -0.25) is 4.79 Å². The van der Waals surface area contributed by atoms with Crippen molar-refractivity contribution in [1.82, 2.24) is 5.43 Å². The first-order valence-electron chi connectivity index (χ1n) is 7.45. The molecule has 0 aromatic heterocycles. The number of amides is 1. The van der Waals surface area contributed by atoms with E-state index < -0.39 is 5.91 Å². The molecular weight excluding hydrogens is 403 g/mol. The average Bonchev–Trinajstić information content (AvgIpc) is 2.58. The highest BCUT2D eigenvalue weighted by Crippen LogP contribution is 2.34. The lowest BCUT2D eigenvalue weighted by atomic mass is 10.2. The maximum Gasteiger partial charge on any atom is 0.277 e. The van der Waals surface area contributed by atoms with Gasteiger partial charge in [-0.25, -0.2) is 5.43 Å². The minimum Gasteiger partial charge on any atom is -0.503 e. The van der Waals surface area contributed by atoms with Crippen molar-refractivity contribution in [1.29, 1.82) is 0 Å². The second-order valence-electron chi connectivity index (χ2n) is 4.94. The highest BCUT2D eigenvalue weighted by atomic mass is 35.5. The van der Waals surface area contributed by atoms with Gasteiger partial charge in [0, 0.05) is 5.02 Å². The average molecular weight is 418 g/mol. The molecule has 1 amide bonds. The fourth-order valence-electron chi connectivity index (χ4n) is 1.88. The van der Waals surface area contributed by atoms with Crippen LogP contribution in [0.4, 0.5) is 0 Å². The van der Waals surface area contributed by atoms with Crippen LogP contribution in [-0.2, 0) is 4.79 Å². The molecular formula is C17H15Cl3N2O4. The first kappa shape index (κ1) is 20.2. The van der Waals surface area contributed by atoms with Crippen molar-refractivity contribution in [2.45, 2.75) is 6.92 Å². The number of carbonyl (C=O) groups is 1. The van der Waals surface area contributed by atoms with E-state index in [-0.39, 0.29) is 23.1 Å². The molecule has 26 heavy (non-hydrogen) atoms. The molecule has 0 fully saturated rings. The van der Waals surface area contributed by atoms with Crippen LogP contribution in [0.15, 0.2) is 35.4 Å². The number of nitrogens with zero attached hydrogens (tertiary/aromatic N) is 1. The van der Waals surface area contributed by atoms with Crippen LogP contribution in [0.3, 0.4) is 0 Å². The van der Waals surface area contributed by atoms with Crippen LogP contribution in [0.1, 0.15) is 12.5 Å². The Labute approximate surface area is 165 Å². The van der Waals surface area contributed by atoms with E-state index in [2.05, 4.69) is 10.5 Å². The monoisotopic (exact) mass is 416 g/mol. The van der Waals surface area contributed by atoms with Crippen LogP contribution < -0.4 is 14.9 Å². The molecule has 0 saturated heterocycles. The lowest BCUT2D eigenvalue weighted by Gasteiger charge is -2.08. The predicted molar refractivity (Wildman–Crippen MR) is 102 cm³/mol. The molecule has 0 radical (unpaired) electrons. The molecule has 0 aliphatic carbocycles. The van der Waals surface area contributed by atoms with E-state index in [1.165, 1.54) is 18.3 Å². The number of hydrazone groups is 1. The molecule has 0 aliphatic rings. The molecule has 6 nitrogen and oxygen atoms in total. The fraction of sp³-hybridized carbons (Fsp3) is 0.176. The van der Waals surface area contributed by atoms with E-state index in [0.717, 1.165) is 0 Å². The molecule has 0 bridgehead atoms. The number of rotatable bonds is 7. The SMILES string of the molecule is CCOc1cc(/C=N/NC(=O)COc2ccc(Cl)cc2Cl)cc(Cl)c1O. The smallest absolute Gasteiger partial charge is 0.277 e. The number of hydrogen-bond donors (Lipinski definition) is 2. The number of halogens is 3. The van der Waals surface area contributed by atoms with Crippen LogP contribution in [0.5, 0.6) is 17.2 Å². The largest absolute Gasteiger partial charge is 0.503 e. The Morgan fingerprint density at radius 2 is 1.92 bits per heavy atom. The number of phenols is 1. The number of ether oxygens (including phenoxy) is 2. The minimum absolute atomic E-state index is 0.115. The van der Waals surface area contributed by atoms with Gasteiger partial charge in [0.15, 0.2) is 18.1 Å². The highest BCUT2D eigenvalue weighted by Gasteiger charge is 2.09. The summed E-state index contributed by atoms with van der Waals surface area (Å²) in [5.74, 6) is -0.0690. The first-order chi connectivity index (χ1) is 12.4. The Balaban J connectivity index is 1.92. The van der Waals surface area contributed by atoms with Gasteiger partial charge in [0.25, 0.3) is 5.91 Å². The third-order valence-electron chi connectivity index (χ3n) is 3.01. The van der Waals surface area contributed by atoms with E-state index >= 15 is 0 Å². The lowest BCUT2D eigenvalue weighted by Crippen LogP contribution is -2.24. The summed E-state index contributed by atoms with van der Waals surface area (Å²) in [5, 5.41) is 14.5. The highest BCUT2D eigenvalue weighted by molar-refractivity contribution is 6.35. The van der Waals surface area contributed by atoms with Gasteiger partial charge in [-0.15, -0.1) is 0 Å². The Morgan fingerprint density at radius 3 is 2.62 bits per heavy atom. The zero-order chi connectivity index (χ0) is 19.1. The minimum atomic E-state index is -0.484. The van der Waals surface area contributed by atoms with Gasteiger partial charge in [-0.2, -0.15) is 5.10 Å². The van der Waals surface area contributed by atoms with Crippen LogP contribution >= 0.6 is 34.8 Å². The van der Waals surface area contributed by atoms with Crippen LogP contribution in [0.25, 0.3) is 0 Å². The summed E-state index contributed by atoms with van der Waals surface area (Å²) < 4.78 is 10.6. The predicted octanol–water partition coefficient (Wildman–Crippen LogP) is 4.28. The van der Waals surface area contributed by atoms with Gasteiger partial charge in [-0.1, -0.05) is 34.8 Å². The van der Waals surface area contributed by atoms with Crippen molar-refractivity contribution in [3.8, 4) is 17.2 Å². The number of hydrogen-bond acceptors (Lipinski definition) is 5. The number of nitrogens with one attached hydrogen (secondary N) is 1. The lowest BCUT2D eigenvalue weighted by molar-refractivity contribution is -0.123. The summed E-state index contributed by atoms with van der Waals surface area (Å²) >= 11 is 17.7. The van der Waals surface area contributed by atoms with Gasteiger partial charge < -0.3 is 14.6 Å². The molecule has 0 unspecified atom stereocenters. The van der Waals surface area contributed by atoms with Gasteiger partial charge in [0.2, 0.25) is 0 Å². The Hall–Kier alpha value is -2.15. The van der Waals surface area contributed by atoms with Crippen molar-refractivity contribution >= 4 is 46.9 Å². The summed E-state index contributed by atoms with van der Waals surface area (Å²) in [5.41, 5.74) is 2.85. The van der Waals surface area contributed by atoms with E-state index in [1.807, 2.05) is 0 Å². The normalized spacial score (nSPS) is 10.8. The molecule has 138 valence electrons. The second-order valence-corrected chi connectivity index (χ2v) is 6.19. The first-order valence-corrected chi connectivity index (χ1v) is 8.59. The van der Waals surface area contributed by atoms with E-state index in [1.54, 1.807) is 25.1 Å². The van der Waals surface area contributed by atoms with Crippen molar-refractivity contribution in [2.75, 3.05) is 13.2 Å². The molecule has 0 atom stereocenters. The molecule has 0 aliphatic heterocycles. The van der Waals surface area contributed by atoms with Crippen molar-refractivity contribution in [3.05, 3.63) is 51.0 Å². The van der Waals surface area contributed by atoms with E-state index in [4.69, 9.17) is 44.3 Å². The molecule has 2 aromatic rings. The quantitative estimate of drug-likeness (QED) is 0.520. The Morgan fingerprint density at radius 1 is 1.15 bits per heavy atom. The molecule has 0 saturated carbocycles. The zero-order valence-electron chi connectivity index (χ0n) is 13.6. The van der Waals surface area contributed by atoms with Gasteiger partial charge >= 0.3 is 0 Å². The van der Waals surface area contributed by atoms with Gasteiger partial charge in [-0.05, 0) is 42.8 Å². The number of carbonyl (C=O) groups excluding carboxylic acids is 1. The molecule has 2 N–H and O–H groups in total. The topological polar surface area (TPSA) is 80.2 Å². The maximum absolute atomic E-state index is 11.8. The van der Waals surface area contributed by atoms with Crippen molar-refractivity contribution in [3.63, 3.8) is 0 Å². The molecule has 0 spiro atoms. The standard InChI is InChI=1S/C17H15Cl3N2O4/c1-2-25-15-6-10(5-13(20)17(15)24)8-21-22-16(23)9-26-14-4-3-11(18)7-12(14)19/h3-8,24H,2,9H2,1H3,(H,22,23)/b21-8+. The van der Waals surface area contributed by atoms with Gasteiger partial charge in [0.05, 0.1) is 22.9 Å². The third-order valence-corrected chi connectivity index (χ3v) is 3.82. The van der Waals surface area contributed by atoms with Crippen LogP contribution in [0.2, 0.25) is 15.1 Å². The second kappa shape index (κ2) is 9.52. The van der Waals surface area contributed by atoms with Crippen LogP contribution in [-0.4, -0.2) is 30.4 Å². The number of phenolic OH excluding ortho intramolecular Hbond substituents is 1. The summed E-state index contributed by atoms with van der Waals surface area (Å²) in [6.07, 6.45) is 1.36. The Bertz CT molecular complexity index is 828. The zero-order valence-corrected chi connectivity index (χ0v) is 15.9. The van der Waals surface area contributed by atoms with Crippen molar-refractivity contribution < 1.29 is 19.4 Å². The molecule has 2 aromatic carbocycles.